The molecule has 8 nitrogen and oxygen atoms in total. The van der Waals surface area contributed by atoms with Crippen molar-refractivity contribution in [2.45, 2.75) is 6.42 Å². The monoisotopic (exact) mass is 429 g/mol. The molecule has 0 aromatic heterocycles. The molecular formula is C24H19N3O5. The fourth-order valence-corrected chi connectivity index (χ4v) is 5.87. The summed E-state index contributed by atoms with van der Waals surface area (Å²) in [6, 6.07) is 12.0. The van der Waals surface area contributed by atoms with E-state index in [9.17, 15) is 24.5 Å². The summed E-state index contributed by atoms with van der Waals surface area (Å²) in [7, 11) is 0. The number of benzene rings is 2. The van der Waals surface area contributed by atoms with Gasteiger partial charge in [0.1, 0.15) is 0 Å². The predicted octanol–water partition coefficient (Wildman–Crippen LogP) is 3.40. The number of rotatable bonds is 4. The minimum atomic E-state index is -0.512. The van der Waals surface area contributed by atoms with Crippen LogP contribution in [0.1, 0.15) is 16.8 Å². The summed E-state index contributed by atoms with van der Waals surface area (Å²) in [5.41, 5.74) is 1.03. The SMILES string of the molecule is O=C(Nc1ccc([N+](=O)[O-])cc1)c1cccc(N2C(=O)[C@@H]3[C@@H]4C=C[C@H]([C@H]5C[C@H]45)[C@@H]3C2=O)c1. The Morgan fingerprint density at radius 3 is 2.19 bits per heavy atom. The Bertz CT molecular complexity index is 1180. The van der Waals surface area contributed by atoms with Crippen LogP contribution >= 0.6 is 0 Å². The van der Waals surface area contributed by atoms with E-state index in [0.29, 0.717) is 28.8 Å². The number of hydrogen-bond donors (Lipinski definition) is 1. The van der Waals surface area contributed by atoms with Crippen molar-refractivity contribution in [3.63, 3.8) is 0 Å². The molecule has 2 bridgehead atoms. The van der Waals surface area contributed by atoms with Crippen LogP contribution in [0.15, 0.2) is 60.7 Å². The molecule has 2 aromatic rings. The third-order valence-corrected chi connectivity index (χ3v) is 7.37. The maximum Gasteiger partial charge on any atom is 0.269 e. The summed E-state index contributed by atoms with van der Waals surface area (Å²) in [6.45, 7) is 0. The largest absolute Gasteiger partial charge is 0.322 e. The Hall–Kier alpha value is -3.81. The van der Waals surface area contributed by atoms with Gasteiger partial charge in [-0.15, -0.1) is 0 Å². The second-order valence-corrected chi connectivity index (χ2v) is 8.97. The van der Waals surface area contributed by atoms with Gasteiger partial charge in [-0.1, -0.05) is 18.2 Å². The van der Waals surface area contributed by atoms with E-state index in [0.717, 1.165) is 6.42 Å². The van der Waals surface area contributed by atoms with Crippen LogP contribution in [0.2, 0.25) is 0 Å². The Morgan fingerprint density at radius 2 is 1.59 bits per heavy atom. The fraction of sp³-hybridized carbons (Fsp3) is 0.292. The zero-order chi connectivity index (χ0) is 22.1. The average molecular weight is 429 g/mol. The quantitative estimate of drug-likeness (QED) is 0.347. The van der Waals surface area contributed by atoms with Crippen molar-refractivity contribution < 1.29 is 19.3 Å². The highest BCUT2D eigenvalue weighted by molar-refractivity contribution is 6.23. The molecule has 1 aliphatic heterocycles. The van der Waals surface area contributed by atoms with Crippen LogP contribution in [0, 0.1) is 45.6 Å². The molecule has 1 saturated heterocycles. The number of imide groups is 1. The fourth-order valence-electron chi connectivity index (χ4n) is 5.87. The van der Waals surface area contributed by atoms with Crippen LogP contribution < -0.4 is 10.2 Å². The lowest BCUT2D eigenvalue weighted by molar-refractivity contribution is -0.384. The van der Waals surface area contributed by atoms with Crippen molar-refractivity contribution in [3.05, 3.63) is 76.4 Å². The van der Waals surface area contributed by atoms with Crippen molar-refractivity contribution >= 4 is 34.8 Å². The van der Waals surface area contributed by atoms with Gasteiger partial charge in [0.15, 0.2) is 0 Å². The summed E-state index contributed by atoms with van der Waals surface area (Å²) in [4.78, 5) is 50.8. The second-order valence-electron chi connectivity index (χ2n) is 8.97. The number of nitro benzene ring substituents is 1. The van der Waals surface area contributed by atoms with Gasteiger partial charge in [0.25, 0.3) is 11.6 Å². The highest BCUT2D eigenvalue weighted by Gasteiger charge is 2.67. The normalized spacial score (nSPS) is 31.3. The molecule has 1 N–H and O–H groups in total. The first-order valence-electron chi connectivity index (χ1n) is 10.7. The van der Waals surface area contributed by atoms with E-state index in [1.165, 1.54) is 29.2 Å². The third kappa shape index (κ3) is 2.65. The summed E-state index contributed by atoms with van der Waals surface area (Å²) < 4.78 is 0. The lowest BCUT2D eigenvalue weighted by Crippen LogP contribution is -2.40. The number of anilines is 2. The Labute approximate surface area is 183 Å². The molecular weight excluding hydrogens is 410 g/mol. The molecule has 3 fully saturated rings. The number of carbonyl (C=O) groups excluding carboxylic acids is 3. The highest BCUT2D eigenvalue weighted by Crippen LogP contribution is 2.65. The first kappa shape index (κ1) is 18.9. The Balaban J connectivity index is 1.25. The maximum absolute atomic E-state index is 13.3. The van der Waals surface area contributed by atoms with Gasteiger partial charge in [0, 0.05) is 23.4 Å². The highest BCUT2D eigenvalue weighted by atomic mass is 16.6. The van der Waals surface area contributed by atoms with Crippen LogP contribution in [0.25, 0.3) is 0 Å². The van der Waals surface area contributed by atoms with Crippen molar-refractivity contribution in [1.82, 2.24) is 0 Å². The van der Waals surface area contributed by atoms with Crippen LogP contribution in [0.4, 0.5) is 17.1 Å². The molecule has 8 heteroatoms. The summed E-state index contributed by atoms with van der Waals surface area (Å²) in [5.74, 6) is -0.00760. The van der Waals surface area contributed by atoms with E-state index < -0.39 is 10.8 Å². The number of hydrogen-bond acceptors (Lipinski definition) is 5. The number of allylic oxidation sites excluding steroid dienone is 2. The first-order valence-corrected chi connectivity index (χ1v) is 10.7. The molecule has 2 saturated carbocycles. The molecule has 3 amide bonds. The molecule has 160 valence electrons. The molecule has 6 atom stereocenters. The molecule has 5 aliphatic rings. The summed E-state index contributed by atoms with van der Waals surface area (Å²) in [6.07, 6.45) is 5.36. The first-order chi connectivity index (χ1) is 15.4. The van der Waals surface area contributed by atoms with Gasteiger partial charge >= 0.3 is 0 Å². The van der Waals surface area contributed by atoms with Crippen LogP contribution in [0.5, 0.6) is 0 Å². The Morgan fingerprint density at radius 1 is 0.969 bits per heavy atom. The summed E-state index contributed by atoms with van der Waals surface area (Å²) >= 11 is 0. The van der Waals surface area contributed by atoms with Gasteiger partial charge in [0.2, 0.25) is 11.8 Å². The van der Waals surface area contributed by atoms with Gasteiger partial charge in [-0.05, 0) is 60.4 Å². The van der Waals surface area contributed by atoms with Gasteiger partial charge in [0.05, 0.1) is 22.4 Å². The number of non-ortho nitro benzene ring substituents is 1. The molecule has 1 heterocycles. The minimum absolute atomic E-state index is 0.0707. The van der Waals surface area contributed by atoms with Crippen molar-refractivity contribution in [2.24, 2.45) is 35.5 Å². The molecule has 32 heavy (non-hydrogen) atoms. The minimum Gasteiger partial charge on any atom is -0.322 e. The van der Waals surface area contributed by atoms with Crippen molar-refractivity contribution in [2.75, 3.05) is 10.2 Å². The smallest absolute Gasteiger partial charge is 0.269 e. The van der Waals surface area contributed by atoms with E-state index in [1.54, 1.807) is 24.3 Å². The van der Waals surface area contributed by atoms with Crippen molar-refractivity contribution in [1.29, 1.82) is 0 Å². The number of nitro groups is 1. The van der Waals surface area contributed by atoms with Crippen LogP contribution in [-0.4, -0.2) is 22.6 Å². The molecule has 0 spiro atoms. The van der Waals surface area contributed by atoms with E-state index in [-0.39, 0.29) is 41.2 Å². The average Bonchev–Trinajstić information content (AvgIpc) is 3.57. The zero-order valence-electron chi connectivity index (χ0n) is 16.9. The van der Waals surface area contributed by atoms with Crippen molar-refractivity contribution in [3.8, 4) is 0 Å². The van der Waals surface area contributed by atoms with E-state index in [1.807, 2.05) is 0 Å². The van der Waals surface area contributed by atoms with Crippen LogP contribution in [0.3, 0.4) is 0 Å². The van der Waals surface area contributed by atoms with E-state index in [4.69, 9.17) is 0 Å². The number of nitrogens with zero attached hydrogens (tertiary/aromatic N) is 2. The molecule has 0 unspecified atom stereocenters. The number of nitrogens with one attached hydrogen (secondary N) is 1. The number of amides is 3. The van der Waals surface area contributed by atoms with Gasteiger partial charge in [-0.2, -0.15) is 0 Å². The second kappa shape index (κ2) is 6.59. The van der Waals surface area contributed by atoms with Gasteiger partial charge in [-0.25, -0.2) is 4.90 Å². The number of carbonyl (C=O) groups is 3. The van der Waals surface area contributed by atoms with E-state index >= 15 is 0 Å². The molecule has 2 aromatic carbocycles. The van der Waals surface area contributed by atoms with Gasteiger partial charge in [-0.3, -0.25) is 24.5 Å². The Kier molecular flexibility index (Phi) is 3.90. The molecule has 7 rings (SSSR count). The lowest BCUT2D eigenvalue weighted by atomic mass is 9.63. The summed E-state index contributed by atoms with van der Waals surface area (Å²) in [5, 5.41) is 13.5. The molecule has 4 aliphatic carbocycles. The lowest BCUT2D eigenvalue weighted by Gasteiger charge is -2.37. The topological polar surface area (TPSA) is 110 Å². The van der Waals surface area contributed by atoms with Gasteiger partial charge < -0.3 is 5.32 Å². The maximum atomic E-state index is 13.3. The third-order valence-electron chi connectivity index (χ3n) is 7.37. The van der Waals surface area contributed by atoms with Crippen LogP contribution in [-0.2, 0) is 9.59 Å². The van der Waals surface area contributed by atoms with E-state index in [2.05, 4.69) is 17.5 Å². The molecule has 0 radical (unpaired) electrons. The zero-order valence-corrected chi connectivity index (χ0v) is 16.9. The standard InChI is InChI=1S/C24H19N3O5/c28-22(25-13-4-6-14(7-5-13)27(31)32)12-2-1-3-15(10-12)26-23(29)20-16-8-9-17(19-11-18(16)19)21(20)24(26)30/h1-10,16-21H,11H2,(H,25,28)/t16-,17-,18-,19-,20-,21+/m1/s1. The predicted molar refractivity (Wildman–Crippen MR) is 115 cm³/mol.